The Hall–Kier alpha value is -1.51. The second kappa shape index (κ2) is 4.16. The SMILES string of the molecule is CCOC(=O)c1[nH]cc2c1CC(C)=C(C)C2. The molecule has 0 saturated carbocycles. The van der Waals surface area contributed by atoms with Crippen molar-refractivity contribution in [3.63, 3.8) is 0 Å². The van der Waals surface area contributed by atoms with Crippen molar-refractivity contribution < 1.29 is 9.53 Å². The van der Waals surface area contributed by atoms with Crippen LogP contribution in [0.5, 0.6) is 0 Å². The fraction of sp³-hybridized carbons (Fsp3) is 0.462. The second-order valence-electron chi connectivity index (χ2n) is 4.30. The summed E-state index contributed by atoms with van der Waals surface area (Å²) in [5.74, 6) is -0.240. The quantitative estimate of drug-likeness (QED) is 0.613. The number of hydrogen-bond acceptors (Lipinski definition) is 2. The zero-order valence-corrected chi connectivity index (χ0v) is 10.0. The van der Waals surface area contributed by atoms with Gasteiger partial charge in [-0.2, -0.15) is 0 Å². The van der Waals surface area contributed by atoms with E-state index in [-0.39, 0.29) is 5.97 Å². The lowest BCUT2D eigenvalue weighted by atomic mass is 9.89. The summed E-state index contributed by atoms with van der Waals surface area (Å²) in [6.07, 6.45) is 3.73. The average Bonchev–Trinajstić information content (AvgIpc) is 2.62. The smallest absolute Gasteiger partial charge is 0.355 e. The maximum absolute atomic E-state index is 11.7. The highest BCUT2D eigenvalue weighted by atomic mass is 16.5. The monoisotopic (exact) mass is 219 g/mol. The fourth-order valence-corrected chi connectivity index (χ4v) is 2.09. The van der Waals surface area contributed by atoms with E-state index in [0.717, 1.165) is 18.4 Å². The molecule has 1 aromatic rings. The van der Waals surface area contributed by atoms with E-state index in [2.05, 4.69) is 18.8 Å². The molecule has 1 N–H and O–H groups in total. The van der Waals surface area contributed by atoms with Crippen molar-refractivity contribution in [3.8, 4) is 0 Å². The summed E-state index contributed by atoms with van der Waals surface area (Å²) >= 11 is 0. The highest BCUT2D eigenvalue weighted by Gasteiger charge is 2.22. The third kappa shape index (κ3) is 1.77. The Morgan fingerprint density at radius 1 is 1.38 bits per heavy atom. The summed E-state index contributed by atoms with van der Waals surface area (Å²) in [4.78, 5) is 14.7. The van der Waals surface area contributed by atoms with Gasteiger partial charge in [-0.05, 0) is 44.7 Å². The molecule has 3 heteroatoms. The summed E-state index contributed by atoms with van der Waals surface area (Å²) in [6.45, 7) is 6.51. The fourth-order valence-electron chi connectivity index (χ4n) is 2.09. The first-order valence-electron chi connectivity index (χ1n) is 5.65. The van der Waals surface area contributed by atoms with E-state index >= 15 is 0 Å². The van der Waals surface area contributed by atoms with Crippen LogP contribution in [0.15, 0.2) is 17.3 Å². The number of hydrogen-bond donors (Lipinski definition) is 1. The molecule has 1 aromatic heterocycles. The van der Waals surface area contributed by atoms with E-state index in [9.17, 15) is 4.79 Å². The number of esters is 1. The predicted octanol–water partition coefficient (Wildman–Crippen LogP) is 2.63. The number of aromatic nitrogens is 1. The first kappa shape index (κ1) is 11.0. The topological polar surface area (TPSA) is 42.1 Å². The van der Waals surface area contributed by atoms with Crippen LogP contribution >= 0.6 is 0 Å². The minimum atomic E-state index is -0.240. The average molecular weight is 219 g/mol. The van der Waals surface area contributed by atoms with E-state index < -0.39 is 0 Å². The highest BCUT2D eigenvalue weighted by Crippen LogP contribution is 2.28. The van der Waals surface area contributed by atoms with E-state index in [1.165, 1.54) is 16.7 Å². The van der Waals surface area contributed by atoms with Crippen molar-refractivity contribution in [2.24, 2.45) is 0 Å². The van der Waals surface area contributed by atoms with Gasteiger partial charge in [0.25, 0.3) is 0 Å². The minimum absolute atomic E-state index is 0.240. The Morgan fingerprint density at radius 2 is 2.06 bits per heavy atom. The molecule has 1 aliphatic rings. The van der Waals surface area contributed by atoms with Crippen molar-refractivity contribution in [2.45, 2.75) is 33.6 Å². The number of rotatable bonds is 2. The van der Waals surface area contributed by atoms with E-state index in [0.29, 0.717) is 12.3 Å². The second-order valence-corrected chi connectivity index (χ2v) is 4.30. The maximum Gasteiger partial charge on any atom is 0.355 e. The third-order valence-corrected chi connectivity index (χ3v) is 3.19. The third-order valence-electron chi connectivity index (χ3n) is 3.19. The first-order chi connectivity index (χ1) is 7.63. The van der Waals surface area contributed by atoms with E-state index in [1.54, 1.807) is 0 Å². The Kier molecular flexibility index (Phi) is 2.86. The van der Waals surface area contributed by atoms with Gasteiger partial charge < -0.3 is 9.72 Å². The van der Waals surface area contributed by atoms with Crippen LogP contribution in [0.25, 0.3) is 0 Å². The Balaban J connectivity index is 2.32. The van der Waals surface area contributed by atoms with Gasteiger partial charge in [0.05, 0.1) is 6.61 Å². The van der Waals surface area contributed by atoms with Crippen LogP contribution in [0.2, 0.25) is 0 Å². The van der Waals surface area contributed by atoms with Crippen LogP contribution in [0.3, 0.4) is 0 Å². The molecule has 3 nitrogen and oxygen atoms in total. The number of carbonyl (C=O) groups excluding carboxylic acids is 1. The normalized spacial score (nSPS) is 14.9. The Morgan fingerprint density at radius 3 is 2.75 bits per heavy atom. The first-order valence-corrected chi connectivity index (χ1v) is 5.65. The predicted molar refractivity (Wildman–Crippen MR) is 62.5 cm³/mol. The molecular formula is C13H17NO2. The maximum atomic E-state index is 11.7. The zero-order chi connectivity index (χ0) is 11.7. The number of fused-ring (bicyclic) bond motifs is 1. The molecule has 2 rings (SSSR count). The van der Waals surface area contributed by atoms with Gasteiger partial charge in [0.15, 0.2) is 0 Å². The van der Waals surface area contributed by atoms with Crippen LogP contribution < -0.4 is 0 Å². The lowest BCUT2D eigenvalue weighted by molar-refractivity contribution is 0.0519. The molecular weight excluding hydrogens is 202 g/mol. The number of H-pyrrole nitrogens is 1. The van der Waals surface area contributed by atoms with Gasteiger partial charge in [-0.25, -0.2) is 4.79 Å². The summed E-state index contributed by atoms with van der Waals surface area (Å²) in [6, 6.07) is 0. The standard InChI is InChI=1S/C13H17NO2/c1-4-16-13(15)12-11-6-9(3)8(2)5-10(11)7-14-12/h7,14H,4-6H2,1-3H3. The molecule has 0 fully saturated rings. The Bertz CT molecular complexity index is 454. The Labute approximate surface area is 95.5 Å². The molecule has 0 bridgehead atoms. The molecule has 86 valence electrons. The van der Waals surface area contributed by atoms with Gasteiger partial charge in [0.2, 0.25) is 0 Å². The molecule has 0 aromatic carbocycles. The lowest BCUT2D eigenvalue weighted by Gasteiger charge is -2.16. The number of allylic oxidation sites excluding steroid dienone is 2. The van der Waals surface area contributed by atoms with Crippen LogP contribution in [0.4, 0.5) is 0 Å². The van der Waals surface area contributed by atoms with Gasteiger partial charge in [0.1, 0.15) is 5.69 Å². The molecule has 1 aliphatic carbocycles. The summed E-state index contributed by atoms with van der Waals surface area (Å²) in [5, 5.41) is 0. The lowest BCUT2D eigenvalue weighted by Crippen LogP contribution is -2.11. The molecule has 0 spiro atoms. The highest BCUT2D eigenvalue weighted by molar-refractivity contribution is 5.90. The van der Waals surface area contributed by atoms with Crippen molar-refractivity contribution in [1.29, 1.82) is 0 Å². The van der Waals surface area contributed by atoms with Crippen molar-refractivity contribution in [3.05, 3.63) is 34.2 Å². The number of carbonyl (C=O) groups is 1. The minimum Gasteiger partial charge on any atom is -0.461 e. The molecule has 0 atom stereocenters. The van der Waals surface area contributed by atoms with E-state index in [4.69, 9.17) is 4.74 Å². The van der Waals surface area contributed by atoms with Gasteiger partial charge >= 0.3 is 5.97 Å². The number of aromatic amines is 1. The molecule has 16 heavy (non-hydrogen) atoms. The van der Waals surface area contributed by atoms with Gasteiger partial charge in [-0.3, -0.25) is 0 Å². The van der Waals surface area contributed by atoms with E-state index in [1.807, 2.05) is 13.1 Å². The number of ether oxygens (including phenoxy) is 1. The molecule has 1 heterocycles. The summed E-state index contributed by atoms with van der Waals surface area (Å²) in [5.41, 5.74) is 5.73. The summed E-state index contributed by atoms with van der Waals surface area (Å²) < 4.78 is 5.03. The molecule has 0 amide bonds. The van der Waals surface area contributed by atoms with Crippen molar-refractivity contribution in [1.82, 2.24) is 4.98 Å². The molecule has 0 radical (unpaired) electrons. The molecule has 0 aliphatic heterocycles. The van der Waals surface area contributed by atoms with Crippen LogP contribution in [-0.4, -0.2) is 17.6 Å². The molecule has 0 saturated heterocycles. The van der Waals surface area contributed by atoms with Crippen LogP contribution in [0, 0.1) is 0 Å². The van der Waals surface area contributed by atoms with Gasteiger partial charge in [-0.15, -0.1) is 0 Å². The molecule has 0 unspecified atom stereocenters. The van der Waals surface area contributed by atoms with Gasteiger partial charge in [0, 0.05) is 6.20 Å². The zero-order valence-electron chi connectivity index (χ0n) is 10.0. The van der Waals surface area contributed by atoms with Crippen LogP contribution in [-0.2, 0) is 17.6 Å². The van der Waals surface area contributed by atoms with Gasteiger partial charge in [-0.1, -0.05) is 11.1 Å². The largest absolute Gasteiger partial charge is 0.461 e. The van der Waals surface area contributed by atoms with Crippen molar-refractivity contribution >= 4 is 5.97 Å². The van der Waals surface area contributed by atoms with Crippen molar-refractivity contribution in [2.75, 3.05) is 6.61 Å². The number of nitrogens with one attached hydrogen (secondary N) is 1. The summed E-state index contributed by atoms with van der Waals surface area (Å²) in [7, 11) is 0. The van der Waals surface area contributed by atoms with Crippen LogP contribution in [0.1, 0.15) is 42.4 Å².